The summed E-state index contributed by atoms with van der Waals surface area (Å²) in [6, 6.07) is 0. The summed E-state index contributed by atoms with van der Waals surface area (Å²) in [5.74, 6) is -0.173. The summed E-state index contributed by atoms with van der Waals surface area (Å²) in [6.45, 7) is 0.489. The lowest BCUT2D eigenvalue weighted by atomic mass is 10.3. The van der Waals surface area contributed by atoms with Crippen molar-refractivity contribution in [3.05, 3.63) is 30.2 Å². The van der Waals surface area contributed by atoms with Crippen molar-refractivity contribution in [1.29, 1.82) is 0 Å². The minimum Gasteiger partial charge on any atom is -0.476 e. The Labute approximate surface area is 103 Å². The quantitative estimate of drug-likeness (QED) is 0.764. The molecule has 8 heteroatoms. The standard InChI is InChI=1S/C10H12N6O2/c1-16-6-14-7(15-16)2-3-12-9-8(10(17)18)11-4-5-13-9/h4-6H,2-3H2,1H3,(H,12,13)(H,17,18). The molecule has 0 atom stereocenters. The van der Waals surface area contributed by atoms with Gasteiger partial charge >= 0.3 is 5.97 Å². The van der Waals surface area contributed by atoms with Crippen LogP contribution in [0.2, 0.25) is 0 Å². The van der Waals surface area contributed by atoms with Crippen LogP contribution in [-0.2, 0) is 13.5 Å². The van der Waals surface area contributed by atoms with Gasteiger partial charge in [-0.3, -0.25) is 4.68 Å². The maximum absolute atomic E-state index is 10.9. The molecule has 0 amide bonds. The van der Waals surface area contributed by atoms with Crippen LogP contribution in [0.3, 0.4) is 0 Å². The van der Waals surface area contributed by atoms with E-state index >= 15 is 0 Å². The maximum atomic E-state index is 10.9. The number of nitrogens with zero attached hydrogens (tertiary/aromatic N) is 5. The van der Waals surface area contributed by atoms with Crippen molar-refractivity contribution in [3.8, 4) is 0 Å². The van der Waals surface area contributed by atoms with Crippen molar-refractivity contribution in [2.75, 3.05) is 11.9 Å². The van der Waals surface area contributed by atoms with E-state index in [9.17, 15) is 4.79 Å². The number of rotatable bonds is 5. The summed E-state index contributed by atoms with van der Waals surface area (Å²) in [5.41, 5.74) is -0.0912. The molecule has 2 heterocycles. The first-order chi connectivity index (χ1) is 8.66. The van der Waals surface area contributed by atoms with Gasteiger partial charge in [-0.25, -0.2) is 19.7 Å². The zero-order valence-electron chi connectivity index (χ0n) is 9.74. The molecule has 0 aromatic carbocycles. The Morgan fingerprint density at radius 3 is 2.83 bits per heavy atom. The van der Waals surface area contributed by atoms with Crippen LogP contribution in [0.1, 0.15) is 16.3 Å². The highest BCUT2D eigenvalue weighted by atomic mass is 16.4. The van der Waals surface area contributed by atoms with Crippen LogP contribution in [0.4, 0.5) is 5.82 Å². The Hall–Kier alpha value is -2.51. The number of carboxylic acid groups (broad SMARTS) is 1. The van der Waals surface area contributed by atoms with Crippen LogP contribution in [0.5, 0.6) is 0 Å². The first-order valence-electron chi connectivity index (χ1n) is 5.29. The minimum absolute atomic E-state index is 0.0912. The molecule has 0 saturated heterocycles. The van der Waals surface area contributed by atoms with Gasteiger partial charge in [0.05, 0.1) is 0 Å². The molecule has 0 saturated carbocycles. The van der Waals surface area contributed by atoms with E-state index in [0.717, 1.165) is 0 Å². The fourth-order valence-corrected chi connectivity index (χ4v) is 1.42. The van der Waals surface area contributed by atoms with Crippen LogP contribution >= 0.6 is 0 Å². The average molecular weight is 248 g/mol. The first kappa shape index (κ1) is 12.0. The van der Waals surface area contributed by atoms with Gasteiger partial charge in [-0.15, -0.1) is 0 Å². The second-order valence-corrected chi connectivity index (χ2v) is 3.57. The number of anilines is 1. The third kappa shape index (κ3) is 2.78. The molecular formula is C10H12N6O2. The number of carbonyl (C=O) groups is 1. The van der Waals surface area contributed by atoms with Gasteiger partial charge in [0.1, 0.15) is 6.33 Å². The van der Waals surface area contributed by atoms with Crippen molar-refractivity contribution in [2.45, 2.75) is 6.42 Å². The van der Waals surface area contributed by atoms with E-state index in [-0.39, 0.29) is 11.5 Å². The highest BCUT2D eigenvalue weighted by Crippen LogP contribution is 2.07. The third-order valence-corrected chi connectivity index (χ3v) is 2.19. The zero-order valence-corrected chi connectivity index (χ0v) is 9.74. The second kappa shape index (κ2) is 5.21. The van der Waals surface area contributed by atoms with E-state index in [4.69, 9.17) is 5.11 Å². The molecule has 0 aliphatic carbocycles. The third-order valence-electron chi connectivity index (χ3n) is 2.19. The molecule has 2 aromatic heterocycles. The number of aromatic carboxylic acids is 1. The second-order valence-electron chi connectivity index (χ2n) is 3.57. The maximum Gasteiger partial charge on any atom is 0.358 e. The fourth-order valence-electron chi connectivity index (χ4n) is 1.42. The molecule has 94 valence electrons. The Morgan fingerprint density at radius 2 is 2.17 bits per heavy atom. The number of aromatic nitrogens is 5. The molecule has 0 aliphatic rings. The minimum atomic E-state index is -1.11. The Bertz CT molecular complexity index is 553. The van der Waals surface area contributed by atoms with Crippen molar-refractivity contribution >= 4 is 11.8 Å². The van der Waals surface area contributed by atoms with Crippen molar-refractivity contribution < 1.29 is 9.90 Å². The number of carboxylic acids is 1. The molecule has 0 fully saturated rings. The van der Waals surface area contributed by atoms with E-state index in [1.54, 1.807) is 18.1 Å². The van der Waals surface area contributed by atoms with E-state index in [2.05, 4.69) is 25.4 Å². The number of hydrogen-bond acceptors (Lipinski definition) is 6. The molecule has 2 rings (SSSR count). The smallest absolute Gasteiger partial charge is 0.358 e. The summed E-state index contributed by atoms with van der Waals surface area (Å²) in [6.07, 6.45) is 4.97. The first-order valence-corrected chi connectivity index (χ1v) is 5.29. The van der Waals surface area contributed by atoms with E-state index < -0.39 is 5.97 Å². The van der Waals surface area contributed by atoms with E-state index in [0.29, 0.717) is 18.8 Å². The highest BCUT2D eigenvalue weighted by Gasteiger charge is 2.11. The van der Waals surface area contributed by atoms with Gasteiger partial charge in [-0.1, -0.05) is 0 Å². The average Bonchev–Trinajstić information content (AvgIpc) is 2.75. The highest BCUT2D eigenvalue weighted by molar-refractivity contribution is 5.90. The molecule has 0 radical (unpaired) electrons. The number of hydrogen-bond donors (Lipinski definition) is 2. The predicted octanol–water partition coefficient (Wildman–Crippen LogP) is -0.0421. The molecule has 0 spiro atoms. The summed E-state index contributed by atoms with van der Waals surface area (Å²) in [7, 11) is 1.79. The van der Waals surface area contributed by atoms with Crippen molar-refractivity contribution in [2.24, 2.45) is 7.05 Å². The summed E-state index contributed by atoms with van der Waals surface area (Å²) < 4.78 is 1.61. The van der Waals surface area contributed by atoms with Gasteiger partial charge in [-0.05, 0) is 0 Å². The number of aryl methyl sites for hydroxylation is 1. The van der Waals surface area contributed by atoms with E-state index in [1.165, 1.54) is 12.4 Å². The summed E-state index contributed by atoms with van der Waals surface area (Å²) in [4.78, 5) is 22.6. The number of nitrogens with one attached hydrogen (secondary N) is 1. The summed E-state index contributed by atoms with van der Waals surface area (Å²) >= 11 is 0. The lowest BCUT2D eigenvalue weighted by Gasteiger charge is -2.05. The van der Waals surface area contributed by atoms with Gasteiger partial charge in [0.25, 0.3) is 0 Å². The zero-order chi connectivity index (χ0) is 13.0. The van der Waals surface area contributed by atoms with Crippen LogP contribution in [0.25, 0.3) is 0 Å². The lowest BCUT2D eigenvalue weighted by Crippen LogP contribution is -2.13. The van der Waals surface area contributed by atoms with Crippen LogP contribution in [0.15, 0.2) is 18.7 Å². The molecule has 8 nitrogen and oxygen atoms in total. The Morgan fingerprint density at radius 1 is 1.39 bits per heavy atom. The molecule has 18 heavy (non-hydrogen) atoms. The Balaban J connectivity index is 1.96. The molecular weight excluding hydrogens is 236 g/mol. The molecule has 0 aliphatic heterocycles. The van der Waals surface area contributed by atoms with Gasteiger partial charge in [0.15, 0.2) is 17.3 Å². The van der Waals surface area contributed by atoms with Gasteiger partial charge in [0, 0.05) is 32.4 Å². The molecule has 0 unspecified atom stereocenters. The van der Waals surface area contributed by atoms with Gasteiger partial charge < -0.3 is 10.4 Å². The van der Waals surface area contributed by atoms with Gasteiger partial charge in [-0.2, -0.15) is 5.10 Å². The topological polar surface area (TPSA) is 106 Å². The lowest BCUT2D eigenvalue weighted by molar-refractivity contribution is 0.0691. The largest absolute Gasteiger partial charge is 0.476 e. The SMILES string of the molecule is Cn1cnc(CCNc2nccnc2C(=O)O)n1. The van der Waals surface area contributed by atoms with Crippen molar-refractivity contribution in [3.63, 3.8) is 0 Å². The van der Waals surface area contributed by atoms with Gasteiger partial charge in [0.2, 0.25) is 0 Å². The van der Waals surface area contributed by atoms with Crippen LogP contribution < -0.4 is 5.32 Å². The van der Waals surface area contributed by atoms with E-state index in [1.807, 2.05) is 0 Å². The monoisotopic (exact) mass is 248 g/mol. The van der Waals surface area contributed by atoms with Crippen LogP contribution in [-0.4, -0.2) is 42.4 Å². The molecule has 2 aromatic rings. The van der Waals surface area contributed by atoms with Crippen LogP contribution in [0, 0.1) is 0 Å². The predicted molar refractivity (Wildman–Crippen MR) is 62.2 cm³/mol. The summed E-state index contributed by atoms with van der Waals surface area (Å²) in [5, 5.41) is 15.9. The molecule has 0 bridgehead atoms. The molecule has 2 N–H and O–H groups in total. The van der Waals surface area contributed by atoms with Crippen molar-refractivity contribution in [1.82, 2.24) is 24.7 Å². The normalized spacial score (nSPS) is 10.3. The fraction of sp³-hybridized carbons (Fsp3) is 0.300. The Kier molecular flexibility index (Phi) is 3.46.